The van der Waals surface area contributed by atoms with Gasteiger partial charge in [0.15, 0.2) is 0 Å². The second-order valence-corrected chi connectivity index (χ2v) is 6.97. The molecule has 2 nitrogen and oxygen atoms in total. The van der Waals surface area contributed by atoms with Crippen LogP contribution in [0.2, 0.25) is 0 Å². The molecule has 0 unspecified atom stereocenters. The topological polar surface area (TPSA) is 17.0 Å². The van der Waals surface area contributed by atoms with Crippen LogP contribution in [0.1, 0.15) is 10.6 Å². The van der Waals surface area contributed by atoms with Crippen molar-refractivity contribution in [1.29, 1.82) is 0 Å². The lowest BCUT2D eigenvalue weighted by Gasteiger charge is -2.09. The Morgan fingerprint density at radius 1 is 1.14 bits per heavy atom. The van der Waals surface area contributed by atoms with E-state index in [-0.39, 0.29) is 0 Å². The summed E-state index contributed by atoms with van der Waals surface area (Å²) in [5.74, 6) is 0. The number of halogens is 1. The Labute approximate surface area is 137 Å². The van der Waals surface area contributed by atoms with Crippen molar-refractivity contribution in [2.75, 3.05) is 13.1 Å². The molecule has 110 valence electrons. The maximum atomic E-state index is 3.71. The molecule has 0 radical (unpaired) electrons. The molecule has 0 spiro atoms. The smallest absolute Gasteiger partial charge is 0.0494 e. The van der Waals surface area contributed by atoms with E-state index in [4.69, 9.17) is 0 Å². The molecule has 0 aliphatic carbocycles. The van der Waals surface area contributed by atoms with Gasteiger partial charge >= 0.3 is 0 Å². The number of nitrogens with zero attached hydrogens (tertiary/aromatic N) is 1. The van der Waals surface area contributed by atoms with Crippen LogP contribution in [0.3, 0.4) is 0 Å². The zero-order valence-electron chi connectivity index (χ0n) is 12.1. The molecule has 0 aliphatic heterocycles. The van der Waals surface area contributed by atoms with Gasteiger partial charge in [-0.25, -0.2) is 0 Å². The first-order chi connectivity index (χ1) is 10.3. The maximum Gasteiger partial charge on any atom is 0.0494 e. The van der Waals surface area contributed by atoms with Gasteiger partial charge in [0, 0.05) is 45.6 Å². The Kier molecular flexibility index (Phi) is 4.78. The fourth-order valence-electron chi connectivity index (χ4n) is 2.66. The number of fused-ring (bicyclic) bond motifs is 1. The second kappa shape index (κ2) is 6.77. The van der Waals surface area contributed by atoms with Crippen molar-refractivity contribution in [1.82, 2.24) is 9.88 Å². The lowest BCUT2D eigenvalue weighted by atomic mass is 10.2. The molecular formula is C17H19BrN2S. The van der Waals surface area contributed by atoms with Gasteiger partial charge in [0.25, 0.3) is 0 Å². The molecule has 0 bridgehead atoms. The summed E-state index contributed by atoms with van der Waals surface area (Å²) in [5.41, 5.74) is 2.61. The molecule has 21 heavy (non-hydrogen) atoms. The number of thiophene rings is 1. The van der Waals surface area contributed by atoms with E-state index in [1.165, 1.54) is 25.9 Å². The van der Waals surface area contributed by atoms with Crippen LogP contribution in [0.25, 0.3) is 10.9 Å². The summed E-state index contributed by atoms with van der Waals surface area (Å²) in [4.78, 5) is 1.45. The third kappa shape index (κ3) is 3.23. The van der Waals surface area contributed by atoms with Crippen LogP contribution >= 0.6 is 27.3 Å². The first-order valence-electron chi connectivity index (χ1n) is 7.24. The van der Waals surface area contributed by atoms with Crippen molar-refractivity contribution in [3.05, 3.63) is 56.8 Å². The van der Waals surface area contributed by atoms with Gasteiger partial charge in [-0.05, 0) is 46.8 Å². The largest absolute Gasteiger partial charge is 0.342 e. The Morgan fingerprint density at radius 3 is 2.81 bits per heavy atom. The van der Waals surface area contributed by atoms with E-state index < -0.39 is 0 Å². The molecule has 0 saturated carbocycles. The van der Waals surface area contributed by atoms with Crippen LogP contribution in [0.5, 0.6) is 0 Å². The van der Waals surface area contributed by atoms with Gasteiger partial charge in [-0.1, -0.05) is 24.3 Å². The summed E-state index contributed by atoms with van der Waals surface area (Å²) in [6.07, 6.45) is 1.12. The van der Waals surface area contributed by atoms with Gasteiger partial charge in [-0.2, -0.15) is 0 Å². The minimum Gasteiger partial charge on any atom is -0.342 e. The van der Waals surface area contributed by atoms with Crippen LogP contribution in [-0.4, -0.2) is 17.7 Å². The third-order valence-corrected chi connectivity index (χ3v) is 5.73. The summed E-state index contributed by atoms with van der Waals surface area (Å²) < 4.78 is 3.61. The number of para-hydroxylation sites is 1. The Hall–Kier alpha value is -1.10. The minimum absolute atomic E-state index is 0.997. The van der Waals surface area contributed by atoms with Crippen LogP contribution in [0, 0.1) is 6.92 Å². The first kappa shape index (κ1) is 14.8. The van der Waals surface area contributed by atoms with Crippen molar-refractivity contribution in [2.45, 2.75) is 19.9 Å². The van der Waals surface area contributed by atoms with E-state index in [1.54, 1.807) is 0 Å². The van der Waals surface area contributed by atoms with Crippen molar-refractivity contribution >= 4 is 38.2 Å². The van der Waals surface area contributed by atoms with E-state index in [0.29, 0.717) is 0 Å². The van der Waals surface area contributed by atoms with Gasteiger partial charge in [0.2, 0.25) is 0 Å². The summed E-state index contributed by atoms with van der Waals surface area (Å²) in [5, 5.41) is 6.98. The Bertz CT molecular complexity index is 716. The number of aromatic nitrogens is 1. The van der Waals surface area contributed by atoms with Crippen LogP contribution in [-0.2, 0) is 13.0 Å². The van der Waals surface area contributed by atoms with Crippen molar-refractivity contribution in [3.63, 3.8) is 0 Å². The zero-order valence-corrected chi connectivity index (χ0v) is 14.5. The number of nitrogens with one attached hydrogen (secondary N) is 1. The molecule has 3 aromatic rings. The molecule has 0 amide bonds. The SMILES string of the molecule is Cc1c(Br)c2ccccc2n1CCNCCc1cccs1. The lowest BCUT2D eigenvalue weighted by Crippen LogP contribution is -2.22. The zero-order chi connectivity index (χ0) is 14.7. The first-order valence-corrected chi connectivity index (χ1v) is 8.91. The molecule has 1 N–H and O–H groups in total. The third-order valence-electron chi connectivity index (χ3n) is 3.79. The number of rotatable bonds is 6. The Morgan fingerprint density at radius 2 is 2.00 bits per heavy atom. The molecule has 0 aliphatic rings. The van der Waals surface area contributed by atoms with Crippen molar-refractivity contribution < 1.29 is 0 Å². The summed E-state index contributed by atoms with van der Waals surface area (Å²) in [6.45, 7) is 5.22. The van der Waals surface area contributed by atoms with Gasteiger partial charge in [-0.15, -0.1) is 11.3 Å². The van der Waals surface area contributed by atoms with Crippen LogP contribution < -0.4 is 5.32 Å². The fourth-order valence-corrected chi connectivity index (χ4v) is 3.92. The minimum atomic E-state index is 0.997. The van der Waals surface area contributed by atoms with E-state index in [0.717, 1.165) is 26.1 Å². The molecule has 0 atom stereocenters. The second-order valence-electron chi connectivity index (χ2n) is 5.15. The summed E-state index contributed by atoms with van der Waals surface area (Å²) in [6, 6.07) is 12.9. The van der Waals surface area contributed by atoms with Gasteiger partial charge in [-0.3, -0.25) is 0 Å². The maximum absolute atomic E-state index is 3.71. The fraction of sp³-hybridized carbons (Fsp3) is 0.294. The monoisotopic (exact) mass is 362 g/mol. The molecule has 1 aromatic carbocycles. The van der Waals surface area contributed by atoms with Crippen molar-refractivity contribution in [3.8, 4) is 0 Å². The lowest BCUT2D eigenvalue weighted by molar-refractivity contribution is 0.603. The highest BCUT2D eigenvalue weighted by atomic mass is 79.9. The average molecular weight is 363 g/mol. The molecule has 4 heteroatoms. The standard InChI is InChI=1S/C17H19BrN2S/c1-13-17(18)15-6-2-3-7-16(15)20(13)11-10-19-9-8-14-5-4-12-21-14/h2-7,12,19H,8-11H2,1H3. The van der Waals surface area contributed by atoms with Gasteiger partial charge in [0.05, 0.1) is 0 Å². The molecular weight excluding hydrogens is 344 g/mol. The van der Waals surface area contributed by atoms with Crippen molar-refractivity contribution in [2.24, 2.45) is 0 Å². The van der Waals surface area contributed by atoms with E-state index in [2.05, 4.69) is 74.5 Å². The molecule has 0 fully saturated rings. The van der Waals surface area contributed by atoms with Gasteiger partial charge in [0.1, 0.15) is 0 Å². The predicted molar refractivity (Wildman–Crippen MR) is 95.3 cm³/mol. The normalized spacial score (nSPS) is 11.3. The number of hydrogen-bond donors (Lipinski definition) is 1. The van der Waals surface area contributed by atoms with Crippen LogP contribution in [0.15, 0.2) is 46.3 Å². The highest BCUT2D eigenvalue weighted by molar-refractivity contribution is 9.10. The van der Waals surface area contributed by atoms with Crippen LogP contribution in [0.4, 0.5) is 0 Å². The molecule has 0 saturated heterocycles. The highest BCUT2D eigenvalue weighted by Gasteiger charge is 2.10. The van der Waals surface area contributed by atoms with E-state index in [9.17, 15) is 0 Å². The molecule has 2 heterocycles. The number of hydrogen-bond acceptors (Lipinski definition) is 2. The van der Waals surface area contributed by atoms with Gasteiger partial charge < -0.3 is 9.88 Å². The quantitative estimate of drug-likeness (QED) is 0.633. The summed E-state index contributed by atoms with van der Waals surface area (Å²) in [7, 11) is 0. The highest BCUT2D eigenvalue weighted by Crippen LogP contribution is 2.30. The number of benzene rings is 1. The molecule has 2 aromatic heterocycles. The Balaban J connectivity index is 1.59. The van der Waals surface area contributed by atoms with E-state index in [1.807, 2.05) is 11.3 Å². The summed E-state index contributed by atoms with van der Waals surface area (Å²) >= 11 is 5.54. The molecule has 3 rings (SSSR count). The predicted octanol–water partition coefficient (Wildman–Crippen LogP) is 4.61. The average Bonchev–Trinajstić information content (AvgIpc) is 3.10. The van der Waals surface area contributed by atoms with E-state index >= 15 is 0 Å².